The zero-order valence-corrected chi connectivity index (χ0v) is 15.4. The number of sulfone groups is 1. The molecular formula is C17H17NO3S3. The second kappa shape index (κ2) is 6.13. The van der Waals surface area contributed by atoms with Crippen LogP contribution >= 0.6 is 22.7 Å². The maximum atomic E-state index is 12.9. The molecule has 4 heterocycles. The zero-order chi connectivity index (χ0) is 16.7. The van der Waals surface area contributed by atoms with Gasteiger partial charge in [-0.15, -0.1) is 22.7 Å². The van der Waals surface area contributed by atoms with Crippen molar-refractivity contribution < 1.29 is 13.2 Å². The molecule has 0 fully saturated rings. The Kier molecular flexibility index (Phi) is 4.10. The Hall–Kier alpha value is -1.44. The smallest absolute Gasteiger partial charge is 0.224 e. The van der Waals surface area contributed by atoms with Gasteiger partial charge in [0, 0.05) is 34.0 Å². The fourth-order valence-electron chi connectivity index (χ4n) is 3.45. The highest BCUT2D eigenvalue weighted by Crippen LogP contribution is 2.40. The zero-order valence-electron chi connectivity index (χ0n) is 12.9. The summed E-state index contributed by atoms with van der Waals surface area (Å²) in [5, 5.41) is 5.37. The predicted molar refractivity (Wildman–Crippen MR) is 96.9 cm³/mol. The molecule has 0 N–H and O–H groups in total. The summed E-state index contributed by atoms with van der Waals surface area (Å²) in [6.07, 6.45) is 2.80. The summed E-state index contributed by atoms with van der Waals surface area (Å²) < 4.78 is 23.1. The van der Waals surface area contributed by atoms with Crippen LogP contribution in [-0.2, 0) is 21.1 Å². The van der Waals surface area contributed by atoms with Gasteiger partial charge in [-0.2, -0.15) is 0 Å². The SMILES string of the molecule is O=C(C[C@H]1C=CS(=O)(=O)C1)N1CCc2sccc2[C@@H]1c1cccs1. The highest BCUT2D eigenvalue weighted by atomic mass is 32.2. The van der Waals surface area contributed by atoms with Crippen LogP contribution in [0.4, 0.5) is 0 Å². The molecular weight excluding hydrogens is 362 g/mol. The molecule has 0 spiro atoms. The van der Waals surface area contributed by atoms with Gasteiger partial charge in [0.25, 0.3) is 0 Å². The van der Waals surface area contributed by atoms with Gasteiger partial charge >= 0.3 is 0 Å². The van der Waals surface area contributed by atoms with E-state index in [0.717, 1.165) is 11.3 Å². The molecule has 0 saturated heterocycles. The molecule has 24 heavy (non-hydrogen) atoms. The van der Waals surface area contributed by atoms with E-state index in [1.807, 2.05) is 16.3 Å². The first-order valence-corrected chi connectivity index (χ1v) is 11.3. The minimum absolute atomic E-state index is 0.0329. The van der Waals surface area contributed by atoms with Crippen LogP contribution in [0.3, 0.4) is 0 Å². The number of nitrogens with zero attached hydrogens (tertiary/aromatic N) is 1. The molecule has 4 rings (SSSR count). The van der Waals surface area contributed by atoms with Gasteiger partial charge in [0.1, 0.15) is 0 Å². The number of carbonyl (C=O) groups is 1. The first-order valence-electron chi connectivity index (χ1n) is 7.83. The van der Waals surface area contributed by atoms with E-state index >= 15 is 0 Å². The molecule has 7 heteroatoms. The molecule has 0 aliphatic carbocycles. The van der Waals surface area contributed by atoms with Crippen LogP contribution in [0.2, 0.25) is 0 Å². The van der Waals surface area contributed by atoms with Crippen molar-refractivity contribution in [3.63, 3.8) is 0 Å². The third-order valence-corrected chi connectivity index (χ3v) is 7.93. The molecule has 0 unspecified atom stereocenters. The first-order chi connectivity index (χ1) is 11.5. The summed E-state index contributed by atoms with van der Waals surface area (Å²) >= 11 is 3.41. The van der Waals surface area contributed by atoms with E-state index in [1.165, 1.54) is 15.8 Å². The quantitative estimate of drug-likeness (QED) is 0.823. The highest BCUT2D eigenvalue weighted by Gasteiger charge is 2.35. The highest BCUT2D eigenvalue weighted by molar-refractivity contribution is 7.94. The van der Waals surface area contributed by atoms with E-state index in [-0.39, 0.29) is 30.0 Å². The molecule has 1 amide bonds. The van der Waals surface area contributed by atoms with E-state index < -0.39 is 9.84 Å². The number of fused-ring (bicyclic) bond motifs is 1. The summed E-state index contributed by atoms with van der Waals surface area (Å²) in [6.45, 7) is 0.693. The number of hydrogen-bond donors (Lipinski definition) is 0. The molecule has 2 aromatic heterocycles. The average Bonchev–Trinajstić information content (AvgIpc) is 3.26. The lowest BCUT2D eigenvalue weighted by atomic mass is 9.97. The molecule has 0 radical (unpaired) electrons. The number of thiophene rings is 2. The fourth-order valence-corrected chi connectivity index (χ4v) is 6.60. The Balaban J connectivity index is 1.60. The van der Waals surface area contributed by atoms with Gasteiger partial charge in [0.15, 0.2) is 9.84 Å². The Bertz CT molecular complexity index is 880. The van der Waals surface area contributed by atoms with Gasteiger partial charge in [0.2, 0.25) is 5.91 Å². The number of rotatable bonds is 3. The van der Waals surface area contributed by atoms with Gasteiger partial charge in [-0.3, -0.25) is 4.79 Å². The van der Waals surface area contributed by atoms with E-state index in [1.54, 1.807) is 28.7 Å². The van der Waals surface area contributed by atoms with Gasteiger partial charge < -0.3 is 4.90 Å². The van der Waals surface area contributed by atoms with Crippen LogP contribution in [0.1, 0.15) is 27.8 Å². The van der Waals surface area contributed by atoms with Gasteiger partial charge in [0.05, 0.1) is 11.8 Å². The molecule has 4 nitrogen and oxygen atoms in total. The molecule has 0 bridgehead atoms. The van der Waals surface area contributed by atoms with Crippen LogP contribution in [0, 0.1) is 5.92 Å². The van der Waals surface area contributed by atoms with Crippen molar-refractivity contribution in [3.05, 3.63) is 55.8 Å². The third-order valence-electron chi connectivity index (χ3n) is 4.54. The summed E-state index contributed by atoms with van der Waals surface area (Å²) in [5.74, 6) is -0.104. The number of carbonyl (C=O) groups excluding carboxylic acids is 1. The molecule has 2 aromatic rings. The van der Waals surface area contributed by atoms with Gasteiger partial charge in [-0.1, -0.05) is 12.1 Å². The number of allylic oxidation sites excluding steroid dienone is 1. The van der Waals surface area contributed by atoms with Gasteiger partial charge in [-0.25, -0.2) is 8.42 Å². The maximum absolute atomic E-state index is 12.9. The van der Waals surface area contributed by atoms with Crippen molar-refractivity contribution in [2.75, 3.05) is 12.3 Å². The molecule has 2 aliphatic rings. The Morgan fingerprint density at radius 2 is 2.12 bits per heavy atom. The summed E-state index contributed by atoms with van der Waals surface area (Å²) in [6, 6.07) is 6.16. The number of hydrogen-bond acceptors (Lipinski definition) is 5. The average molecular weight is 380 g/mol. The van der Waals surface area contributed by atoms with Crippen molar-refractivity contribution in [2.45, 2.75) is 18.9 Å². The summed E-state index contributed by atoms with van der Waals surface area (Å²) in [4.78, 5) is 17.3. The van der Waals surface area contributed by atoms with Crippen molar-refractivity contribution in [3.8, 4) is 0 Å². The molecule has 126 valence electrons. The third kappa shape index (κ3) is 2.96. The van der Waals surface area contributed by atoms with E-state index in [4.69, 9.17) is 0 Å². The van der Waals surface area contributed by atoms with Crippen molar-refractivity contribution in [1.82, 2.24) is 4.90 Å². The largest absolute Gasteiger partial charge is 0.330 e. The lowest BCUT2D eigenvalue weighted by molar-refractivity contribution is -0.133. The van der Waals surface area contributed by atoms with Crippen LogP contribution in [-0.4, -0.2) is 31.5 Å². The van der Waals surface area contributed by atoms with E-state index in [0.29, 0.717) is 6.54 Å². The maximum Gasteiger partial charge on any atom is 0.224 e. The predicted octanol–water partition coefficient (Wildman–Crippen LogP) is 3.23. The van der Waals surface area contributed by atoms with Crippen molar-refractivity contribution in [1.29, 1.82) is 0 Å². The normalized spacial score (nSPS) is 24.9. The van der Waals surface area contributed by atoms with Crippen LogP contribution < -0.4 is 0 Å². The summed E-state index contributed by atoms with van der Waals surface area (Å²) in [7, 11) is -3.12. The summed E-state index contributed by atoms with van der Waals surface area (Å²) in [5.41, 5.74) is 1.22. The standard InChI is InChI=1S/C17H17NO3S3/c19-16(10-12-5-9-24(20,21)11-12)18-6-3-14-13(4-8-23-14)17(18)15-2-1-7-22-15/h1-2,4-5,7-9,12,17H,3,6,10-11H2/t12-,17-/m1/s1. The first kappa shape index (κ1) is 16.1. The van der Waals surface area contributed by atoms with E-state index in [2.05, 4.69) is 17.5 Å². The Morgan fingerprint density at radius 3 is 2.83 bits per heavy atom. The minimum atomic E-state index is -3.12. The second-order valence-corrected chi connectivity index (χ2v) is 10.1. The lowest BCUT2D eigenvalue weighted by Gasteiger charge is -2.36. The topological polar surface area (TPSA) is 54.5 Å². The molecule has 2 aliphatic heterocycles. The molecule has 0 saturated carbocycles. The minimum Gasteiger partial charge on any atom is -0.330 e. The lowest BCUT2D eigenvalue weighted by Crippen LogP contribution is -2.40. The molecule has 0 aromatic carbocycles. The van der Waals surface area contributed by atoms with Crippen molar-refractivity contribution >= 4 is 38.4 Å². The fraction of sp³-hybridized carbons (Fsp3) is 0.353. The van der Waals surface area contributed by atoms with Gasteiger partial charge in [-0.05, 0) is 34.9 Å². The van der Waals surface area contributed by atoms with Crippen LogP contribution in [0.25, 0.3) is 0 Å². The monoisotopic (exact) mass is 379 g/mol. The molecule has 2 atom stereocenters. The van der Waals surface area contributed by atoms with Crippen LogP contribution in [0.15, 0.2) is 40.4 Å². The van der Waals surface area contributed by atoms with Crippen molar-refractivity contribution in [2.24, 2.45) is 5.92 Å². The number of amides is 1. The Morgan fingerprint density at radius 1 is 1.25 bits per heavy atom. The van der Waals surface area contributed by atoms with Crippen LogP contribution in [0.5, 0.6) is 0 Å². The van der Waals surface area contributed by atoms with E-state index in [9.17, 15) is 13.2 Å². The second-order valence-electron chi connectivity index (χ2n) is 6.18. The Labute approximate surface area is 149 Å².